The van der Waals surface area contributed by atoms with Crippen LogP contribution in [0, 0.1) is 0 Å². The number of rotatable bonds is 3. The van der Waals surface area contributed by atoms with Crippen molar-refractivity contribution in [2.75, 3.05) is 6.54 Å². The molecule has 1 atom stereocenters. The van der Waals surface area contributed by atoms with Gasteiger partial charge >= 0.3 is 0 Å². The molecular weight excluding hydrogens is 242 g/mol. The number of carbonyl (C=O) groups is 1. The van der Waals surface area contributed by atoms with Gasteiger partial charge in [-0.05, 0) is 29.3 Å². The van der Waals surface area contributed by atoms with E-state index in [-0.39, 0.29) is 5.91 Å². The maximum absolute atomic E-state index is 11.6. The van der Waals surface area contributed by atoms with Gasteiger partial charge in [-0.3, -0.25) is 4.79 Å². The summed E-state index contributed by atoms with van der Waals surface area (Å²) in [6, 6.07) is 7.97. The second-order valence-electron chi connectivity index (χ2n) is 3.44. The summed E-state index contributed by atoms with van der Waals surface area (Å²) >= 11 is 7.76. The average molecular weight is 254 g/mol. The minimum atomic E-state index is -0.601. The zero-order valence-electron chi connectivity index (χ0n) is 8.87. The largest absolute Gasteiger partial charge is 0.355 e. The number of carbonyl (C=O) groups excluding carboxylic acids is 1. The lowest BCUT2D eigenvalue weighted by molar-refractivity contribution is -0.120. The van der Waals surface area contributed by atoms with Gasteiger partial charge in [0.2, 0.25) is 5.91 Å². The van der Waals surface area contributed by atoms with Gasteiger partial charge in [0, 0.05) is 11.2 Å². The maximum Gasteiger partial charge on any atom is 0.242 e. The summed E-state index contributed by atoms with van der Waals surface area (Å²) in [6.45, 7) is 2.48. The second-order valence-corrected chi connectivity index (χ2v) is 4.79. The molecule has 1 N–H and O–H groups in total. The molecule has 0 saturated carbocycles. The van der Waals surface area contributed by atoms with Gasteiger partial charge in [-0.25, -0.2) is 0 Å². The van der Waals surface area contributed by atoms with E-state index in [1.807, 2.05) is 36.6 Å². The van der Waals surface area contributed by atoms with Crippen LogP contribution < -0.4 is 5.32 Å². The third kappa shape index (κ3) is 2.06. The van der Waals surface area contributed by atoms with Crippen LogP contribution in [0.1, 0.15) is 17.9 Å². The molecule has 0 aliphatic rings. The van der Waals surface area contributed by atoms with Crippen LogP contribution in [0.4, 0.5) is 0 Å². The van der Waals surface area contributed by atoms with E-state index < -0.39 is 5.38 Å². The lowest BCUT2D eigenvalue weighted by Crippen LogP contribution is -2.26. The van der Waals surface area contributed by atoms with E-state index in [2.05, 4.69) is 5.32 Å². The molecule has 0 aliphatic heterocycles. The van der Waals surface area contributed by atoms with Crippen molar-refractivity contribution in [2.45, 2.75) is 12.3 Å². The third-order valence-electron chi connectivity index (χ3n) is 2.37. The van der Waals surface area contributed by atoms with E-state index in [0.717, 1.165) is 15.6 Å². The van der Waals surface area contributed by atoms with Gasteiger partial charge in [0.05, 0.1) is 0 Å². The molecule has 4 heteroatoms. The van der Waals surface area contributed by atoms with Gasteiger partial charge in [0.25, 0.3) is 0 Å². The van der Waals surface area contributed by atoms with E-state index in [0.29, 0.717) is 6.54 Å². The SMILES string of the molecule is CCNC(=O)C(Cl)c1csc2ccccc12. The highest BCUT2D eigenvalue weighted by molar-refractivity contribution is 7.17. The number of halogens is 1. The molecule has 1 amide bonds. The topological polar surface area (TPSA) is 29.1 Å². The van der Waals surface area contributed by atoms with Crippen molar-refractivity contribution < 1.29 is 4.79 Å². The molecule has 0 spiro atoms. The Labute approximate surface area is 103 Å². The van der Waals surface area contributed by atoms with Crippen molar-refractivity contribution in [2.24, 2.45) is 0 Å². The molecule has 1 heterocycles. The lowest BCUT2D eigenvalue weighted by atomic mass is 10.1. The normalized spacial score (nSPS) is 12.6. The molecule has 1 unspecified atom stereocenters. The van der Waals surface area contributed by atoms with Crippen molar-refractivity contribution >= 4 is 38.9 Å². The van der Waals surface area contributed by atoms with Crippen molar-refractivity contribution in [3.05, 3.63) is 35.2 Å². The van der Waals surface area contributed by atoms with Crippen LogP contribution in [0.15, 0.2) is 29.6 Å². The molecule has 2 rings (SSSR count). The van der Waals surface area contributed by atoms with Crippen LogP contribution in [0.25, 0.3) is 10.1 Å². The molecule has 2 aromatic rings. The first-order valence-electron chi connectivity index (χ1n) is 5.12. The molecule has 0 saturated heterocycles. The first-order chi connectivity index (χ1) is 7.74. The van der Waals surface area contributed by atoms with Crippen LogP contribution in [0.3, 0.4) is 0 Å². The third-order valence-corrected chi connectivity index (χ3v) is 3.78. The van der Waals surface area contributed by atoms with E-state index >= 15 is 0 Å². The summed E-state index contributed by atoms with van der Waals surface area (Å²) in [7, 11) is 0. The molecule has 0 aliphatic carbocycles. The van der Waals surface area contributed by atoms with Crippen LogP contribution in [0.5, 0.6) is 0 Å². The van der Waals surface area contributed by atoms with Gasteiger partial charge in [0.15, 0.2) is 0 Å². The Kier molecular flexibility index (Phi) is 3.46. The standard InChI is InChI=1S/C12H12ClNOS/c1-2-14-12(15)11(13)9-7-16-10-6-4-3-5-8(9)10/h3-7,11H,2H2,1H3,(H,14,15). The van der Waals surface area contributed by atoms with Gasteiger partial charge in [-0.2, -0.15) is 0 Å². The number of hydrogen-bond acceptors (Lipinski definition) is 2. The molecule has 84 valence electrons. The number of hydrogen-bond donors (Lipinski definition) is 1. The average Bonchev–Trinajstić information content (AvgIpc) is 2.72. The predicted octanol–water partition coefficient (Wildman–Crippen LogP) is 3.32. The van der Waals surface area contributed by atoms with Gasteiger partial charge in [-0.1, -0.05) is 18.2 Å². The van der Waals surface area contributed by atoms with Crippen molar-refractivity contribution in [3.63, 3.8) is 0 Å². The molecule has 0 radical (unpaired) electrons. The summed E-state index contributed by atoms with van der Waals surface area (Å²) in [4.78, 5) is 11.6. The van der Waals surface area contributed by atoms with E-state index in [1.54, 1.807) is 11.3 Å². The van der Waals surface area contributed by atoms with Crippen LogP contribution >= 0.6 is 22.9 Å². The molecular formula is C12H12ClNOS. The summed E-state index contributed by atoms with van der Waals surface area (Å²) in [5, 5.41) is 5.16. The highest BCUT2D eigenvalue weighted by Crippen LogP contribution is 2.33. The first kappa shape index (κ1) is 11.4. The number of thiophene rings is 1. The molecule has 0 fully saturated rings. The zero-order valence-corrected chi connectivity index (χ0v) is 10.4. The highest BCUT2D eigenvalue weighted by Gasteiger charge is 2.19. The minimum absolute atomic E-state index is 0.132. The fourth-order valence-corrected chi connectivity index (χ4v) is 2.92. The first-order valence-corrected chi connectivity index (χ1v) is 6.43. The van der Waals surface area contributed by atoms with Crippen LogP contribution in [-0.4, -0.2) is 12.5 Å². The fraction of sp³-hybridized carbons (Fsp3) is 0.250. The Hall–Kier alpha value is -1.06. The van der Waals surface area contributed by atoms with Gasteiger partial charge in [0.1, 0.15) is 5.38 Å². The molecule has 16 heavy (non-hydrogen) atoms. The number of nitrogens with one attached hydrogen (secondary N) is 1. The number of amides is 1. The Morgan fingerprint density at radius 3 is 3.00 bits per heavy atom. The van der Waals surface area contributed by atoms with Crippen molar-refractivity contribution in [1.29, 1.82) is 0 Å². The Morgan fingerprint density at radius 2 is 2.25 bits per heavy atom. The summed E-state index contributed by atoms with van der Waals surface area (Å²) in [5.41, 5.74) is 0.896. The summed E-state index contributed by atoms with van der Waals surface area (Å²) < 4.78 is 1.16. The second kappa shape index (κ2) is 4.85. The Bertz CT molecular complexity index is 508. The zero-order chi connectivity index (χ0) is 11.5. The molecule has 1 aromatic heterocycles. The predicted molar refractivity (Wildman–Crippen MR) is 69.1 cm³/mol. The number of fused-ring (bicyclic) bond motifs is 1. The molecule has 1 aromatic carbocycles. The quantitative estimate of drug-likeness (QED) is 0.836. The highest BCUT2D eigenvalue weighted by atomic mass is 35.5. The molecule has 0 bridgehead atoms. The minimum Gasteiger partial charge on any atom is -0.355 e. The van der Waals surface area contributed by atoms with Gasteiger partial charge < -0.3 is 5.32 Å². The smallest absolute Gasteiger partial charge is 0.242 e. The lowest BCUT2D eigenvalue weighted by Gasteiger charge is -2.08. The summed E-state index contributed by atoms with van der Waals surface area (Å²) in [6.07, 6.45) is 0. The van der Waals surface area contributed by atoms with Crippen molar-refractivity contribution in [3.8, 4) is 0 Å². The maximum atomic E-state index is 11.6. The molecule has 2 nitrogen and oxygen atoms in total. The number of likely N-dealkylation sites (N-methyl/N-ethyl adjacent to an activating group) is 1. The van der Waals surface area contributed by atoms with Crippen LogP contribution in [0.2, 0.25) is 0 Å². The van der Waals surface area contributed by atoms with Crippen LogP contribution in [-0.2, 0) is 4.79 Å². The van der Waals surface area contributed by atoms with Crippen molar-refractivity contribution in [1.82, 2.24) is 5.32 Å². The van der Waals surface area contributed by atoms with E-state index in [9.17, 15) is 4.79 Å². The Morgan fingerprint density at radius 1 is 1.50 bits per heavy atom. The number of benzene rings is 1. The Balaban J connectivity index is 2.36. The fourth-order valence-electron chi connectivity index (χ4n) is 1.60. The number of alkyl halides is 1. The van der Waals surface area contributed by atoms with Gasteiger partial charge in [-0.15, -0.1) is 22.9 Å². The monoisotopic (exact) mass is 253 g/mol. The van der Waals surface area contributed by atoms with E-state index in [1.165, 1.54) is 0 Å². The van der Waals surface area contributed by atoms with E-state index in [4.69, 9.17) is 11.6 Å². The summed E-state index contributed by atoms with van der Waals surface area (Å²) in [5.74, 6) is -0.132.